The number of aromatic nitrogens is 2. The minimum atomic E-state index is 0.391. The molecule has 0 spiro atoms. The number of rotatable bonds is 3. The Kier molecular flexibility index (Phi) is 2.97. The van der Waals surface area contributed by atoms with Crippen LogP contribution >= 0.6 is 0 Å². The van der Waals surface area contributed by atoms with E-state index < -0.39 is 0 Å². The van der Waals surface area contributed by atoms with Gasteiger partial charge in [-0.25, -0.2) is 0 Å². The first-order valence-electron chi connectivity index (χ1n) is 3.84. The van der Waals surface area contributed by atoms with Gasteiger partial charge in [0.15, 0.2) is 5.82 Å². The predicted molar refractivity (Wildman–Crippen MR) is 46.1 cm³/mol. The van der Waals surface area contributed by atoms with Crippen molar-refractivity contribution in [3.63, 3.8) is 0 Å². The Balaban J connectivity index is 2.75. The molecule has 0 saturated heterocycles. The summed E-state index contributed by atoms with van der Waals surface area (Å²) in [6.07, 6.45) is 1.42. The van der Waals surface area contributed by atoms with Crippen molar-refractivity contribution in [1.82, 2.24) is 15.2 Å². The van der Waals surface area contributed by atoms with E-state index in [0.717, 1.165) is 6.54 Å². The highest BCUT2D eigenvalue weighted by Crippen LogP contribution is 2.13. The second-order valence-corrected chi connectivity index (χ2v) is 2.41. The van der Waals surface area contributed by atoms with Crippen molar-refractivity contribution in [2.45, 2.75) is 6.92 Å². The molecular weight excluding hydrogens is 168 g/mol. The molecule has 0 unspecified atom stereocenters. The van der Waals surface area contributed by atoms with Gasteiger partial charge in [0, 0.05) is 13.6 Å². The summed E-state index contributed by atoms with van der Waals surface area (Å²) >= 11 is 0. The van der Waals surface area contributed by atoms with Crippen LogP contribution in [0, 0.1) is 11.3 Å². The summed E-state index contributed by atoms with van der Waals surface area (Å²) in [5, 5.41) is 24.2. The summed E-state index contributed by atoms with van der Waals surface area (Å²) in [4.78, 5) is 0. The Morgan fingerprint density at radius 3 is 3.15 bits per heavy atom. The monoisotopic (exact) mass is 178 g/mol. The van der Waals surface area contributed by atoms with Crippen LogP contribution in [0.5, 0.6) is 0 Å². The number of hydrogen-bond acceptors (Lipinski definition) is 4. The maximum absolute atomic E-state index is 8.60. The van der Waals surface area contributed by atoms with E-state index in [1.54, 1.807) is 12.1 Å². The van der Waals surface area contributed by atoms with E-state index in [4.69, 9.17) is 5.26 Å². The van der Waals surface area contributed by atoms with Crippen molar-refractivity contribution in [3.05, 3.63) is 11.8 Å². The summed E-state index contributed by atoms with van der Waals surface area (Å²) < 4.78 is 0. The molecule has 6 nitrogen and oxygen atoms in total. The van der Waals surface area contributed by atoms with Crippen LogP contribution in [0.1, 0.15) is 12.5 Å². The lowest BCUT2D eigenvalue weighted by Gasteiger charge is -2.04. The molecule has 0 radical (unpaired) electrons. The predicted octanol–water partition coefficient (Wildman–Crippen LogP) is 1.23. The summed E-state index contributed by atoms with van der Waals surface area (Å²) in [7, 11) is 1.80. The van der Waals surface area contributed by atoms with Gasteiger partial charge in [-0.1, -0.05) is 5.22 Å². The molecule has 0 aliphatic rings. The average Bonchev–Trinajstić information content (AvgIpc) is 2.61. The van der Waals surface area contributed by atoms with E-state index in [2.05, 4.69) is 20.5 Å². The number of nitriles is 1. The van der Waals surface area contributed by atoms with Crippen molar-refractivity contribution in [3.8, 4) is 6.07 Å². The third-order valence-corrected chi connectivity index (χ3v) is 1.49. The molecule has 0 aromatic carbocycles. The Morgan fingerprint density at radius 1 is 1.77 bits per heavy atom. The average molecular weight is 178 g/mol. The van der Waals surface area contributed by atoms with Crippen molar-refractivity contribution >= 4 is 5.82 Å². The number of hydrogen-bond donors (Lipinski definition) is 1. The molecule has 13 heavy (non-hydrogen) atoms. The lowest BCUT2D eigenvalue weighted by molar-refractivity contribution is 0.350. The van der Waals surface area contributed by atoms with E-state index in [0.29, 0.717) is 11.4 Å². The van der Waals surface area contributed by atoms with Crippen LogP contribution in [-0.4, -0.2) is 28.8 Å². The van der Waals surface area contributed by atoms with Crippen LogP contribution in [0.25, 0.3) is 0 Å². The largest absolute Gasteiger partial charge is 0.282 e. The van der Waals surface area contributed by atoms with Crippen LogP contribution < -0.4 is 0 Å². The normalized spacial score (nSPS) is 10.2. The van der Waals surface area contributed by atoms with E-state index in [9.17, 15) is 0 Å². The van der Waals surface area contributed by atoms with Gasteiger partial charge in [-0.3, -0.25) is 10.1 Å². The number of aromatic amines is 1. The summed E-state index contributed by atoms with van der Waals surface area (Å²) in [6, 6.07) is 1.95. The smallest absolute Gasteiger partial charge is 0.190 e. The summed E-state index contributed by atoms with van der Waals surface area (Å²) in [5.41, 5.74) is 0.397. The van der Waals surface area contributed by atoms with Gasteiger partial charge >= 0.3 is 0 Å². The molecule has 1 aromatic heterocycles. The van der Waals surface area contributed by atoms with E-state index >= 15 is 0 Å². The number of H-pyrrole nitrogens is 1. The highest BCUT2D eigenvalue weighted by atomic mass is 15.5. The van der Waals surface area contributed by atoms with E-state index in [1.165, 1.54) is 6.20 Å². The second-order valence-electron chi connectivity index (χ2n) is 2.41. The maximum atomic E-state index is 8.60. The van der Waals surface area contributed by atoms with Gasteiger partial charge < -0.3 is 0 Å². The van der Waals surface area contributed by atoms with Gasteiger partial charge in [-0.15, -0.1) is 5.11 Å². The molecule has 0 bridgehead atoms. The maximum Gasteiger partial charge on any atom is 0.190 e. The standard InChI is InChI=1S/C7H10N6/c1-3-13(2)12-11-7-6(4-8)5-9-10-7/h5H,3H2,1-2H3,(H,9,10)/b12-11+. The molecule has 1 heterocycles. The van der Waals surface area contributed by atoms with Gasteiger partial charge in [-0.05, 0) is 6.92 Å². The van der Waals surface area contributed by atoms with E-state index in [-0.39, 0.29) is 0 Å². The molecule has 0 amide bonds. The Hall–Kier alpha value is -1.90. The van der Waals surface area contributed by atoms with Crippen LogP contribution in [0.3, 0.4) is 0 Å². The van der Waals surface area contributed by atoms with E-state index in [1.807, 2.05) is 13.0 Å². The SMILES string of the molecule is CCN(C)/N=N/c1[nH]ncc1C#N. The first-order chi connectivity index (χ1) is 6.27. The zero-order chi connectivity index (χ0) is 9.68. The molecular formula is C7H10N6. The quantitative estimate of drug-likeness (QED) is 0.558. The second kappa shape index (κ2) is 4.21. The fourth-order valence-electron chi connectivity index (χ4n) is 0.622. The van der Waals surface area contributed by atoms with Crippen LogP contribution in [0.2, 0.25) is 0 Å². The van der Waals surface area contributed by atoms with Gasteiger partial charge in [-0.2, -0.15) is 10.4 Å². The third kappa shape index (κ3) is 2.27. The molecule has 0 aliphatic heterocycles. The summed E-state index contributed by atoms with van der Waals surface area (Å²) in [5.74, 6) is 0.391. The molecule has 1 rings (SSSR count). The Morgan fingerprint density at radius 2 is 2.54 bits per heavy atom. The molecule has 1 aromatic rings. The Bertz CT molecular complexity index is 333. The molecule has 0 saturated carbocycles. The van der Waals surface area contributed by atoms with Crippen LogP contribution in [0.15, 0.2) is 16.5 Å². The molecule has 1 N–H and O–H groups in total. The van der Waals surface area contributed by atoms with Crippen LogP contribution in [0.4, 0.5) is 5.82 Å². The molecule has 0 fully saturated rings. The van der Waals surface area contributed by atoms with Gasteiger partial charge in [0.2, 0.25) is 0 Å². The molecule has 0 aliphatic carbocycles. The van der Waals surface area contributed by atoms with Crippen molar-refractivity contribution in [2.24, 2.45) is 10.3 Å². The Labute approximate surface area is 75.9 Å². The minimum absolute atomic E-state index is 0.391. The first kappa shape index (κ1) is 9.19. The van der Waals surface area contributed by atoms with Crippen molar-refractivity contribution in [2.75, 3.05) is 13.6 Å². The fraction of sp³-hybridized carbons (Fsp3) is 0.429. The molecule has 0 atom stereocenters. The lowest BCUT2D eigenvalue weighted by Crippen LogP contribution is -2.07. The highest BCUT2D eigenvalue weighted by molar-refractivity contribution is 5.44. The highest BCUT2D eigenvalue weighted by Gasteiger charge is 2.01. The fourth-order valence-corrected chi connectivity index (χ4v) is 0.622. The van der Waals surface area contributed by atoms with Gasteiger partial charge in [0.05, 0.1) is 6.20 Å². The van der Waals surface area contributed by atoms with Gasteiger partial charge in [0.1, 0.15) is 11.6 Å². The summed E-state index contributed by atoms with van der Waals surface area (Å²) in [6.45, 7) is 2.72. The topological polar surface area (TPSA) is 80.4 Å². The van der Waals surface area contributed by atoms with Crippen molar-refractivity contribution < 1.29 is 0 Å². The number of nitrogens with zero attached hydrogens (tertiary/aromatic N) is 5. The zero-order valence-corrected chi connectivity index (χ0v) is 7.52. The van der Waals surface area contributed by atoms with Crippen molar-refractivity contribution in [1.29, 1.82) is 5.26 Å². The molecule has 6 heteroatoms. The lowest BCUT2D eigenvalue weighted by atomic mass is 10.4. The number of nitrogens with one attached hydrogen (secondary N) is 1. The van der Waals surface area contributed by atoms with Gasteiger partial charge in [0.25, 0.3) is 0 Å². The minimum Gasteiger partial charge on any atom is -0.282 e. The first-order valence-corrected chi connectivity index (χ1v) is 3.84. The van der Waals surface area contributed by atoms with Crippen LogP contribution in [-0.2, 0) is 0 Å². The zero-order valence-electron chi connectivity index (χ0n) is 7.52. The third-order valence-electron chi connectivity index (χ3n) is 1.49. The molecule has 68 valence electrons.